The molecule has 10 heteroatoms. The van der Waals surface area contributed by atoms with E-state index in [0.717, 1.165) is 31.5 Å². The minimum atomic E-state index is -4.34. The van der Waals surface area contributed by atoms with Gasteiger partial charge >= 0.3 is 12.2 Å². The van der Waals surface area contributed by atoms with Crippen molar-refractivity contribution in [3.05, 3.63) is 53.4 Å². The fourth-order valence-electron chi connectivity index (χ4n) is 6.26. The highest BCUT2D eigenvalue weighted by Crippen LogP contribution is 2.46. The van der Waals surface area contributed by atoms with Gasteiger partial charge in [-0.15, -0.1) is 5.10 Å². The van der Waals surface area contributed by atoms with Crippen molar-refractivity contribution in [2.45, 2.75) is 57.2 Å². The van der Waals surface area contributed by atoms with Crippen molar-refractivity contribution in [1.29, 1.82) is 0 Å². The molecule has 7 nitrogen and oxygen atoms in total. The maximum Gasteiger partial charge on any atom is 0.410 e. The van der Waals surface area contributed by atoms with Gasteiger partial charge in [0.2, 0.25) is 5.89 Å². The first-order valence-corrected chi connectivity index (χ1v) is 12.0. The van der Waals surface area contributed by atoms with Crippen molar-refractivity contribution in [3.63, 3.8) is 0 Å². The van der Waals surface area contributed by atoms with Crippen LogP contribution in [0.4, 0.5) is 19.2 Å². The molecule has 2 bridgehead atoms. The Balaban J connectivity index is 1.26. The highest BCUT2D eigenvalue weighted by molar-refractivity contribution is 5.29. The minimum absolute atomic E-state index is 0.0199. The first-order valence-electron chi connectivity index (χ1n) is 12.0. The summed E-state index contributed by atoms with van der Waals surface area (Å²) in [4.78, 5) is 6.89. The van der Waals surface area contributed by atoms with Crippen LogP contribution in [0.2, 0.25) is 0 Å². The molecule has 0 radical (unpaired) electrons. The summed E-state index contributed by atoms with van der Waals surface area (Å²) in [5, 5.41) is 12.6. The number of aryl methyl sites for hydroxylation is 1. The Hall–Kier alpha value is -2.91. The molecule has 5 atom stereocenters. The Morgan fingerprint density at radius 3 is 2.38 bits per heavy atom. The zero-order valence-corrected chi connectivity index (χ0v) is 18.9. The number of hydrogen-bond acceptors (Lipinski definition) is 6. The van der Waals surface area contributed by atoms with Crippen LogP contribution >= 0.6 is 0 Å². The van der Waals surface area contributed by atoms with Gasteiger partial charge in [0.1, 0.15) is 11.9 Å². The summed E-state index contributed by atoms with van der Waals surface area (Å²) in [6.45, 7) is 3.41. The standard InChI is InChI=1S/C24H27F3N6O/c1-14-29-30-23(34-14)32-12-16-7-8-17(13-32)19(16)11-21-28-22-18(15-5-3-2-4-6-15)9-10-20(24(25,26)27)33(22)31-21/h2-6,16-20H,7-13H2,1H3/t16-,17+,18?,19?,20?. The van der Waals surface area contributed by atoms with Gasteiger partial charge in [0.15, 0.2) is 5.82 Å². The van der Waals surface area contributed by atoms with Gasteiger partial charge in [0, 0.05) is 32.4 Å². The summed E-state index contributed by atoms with van der Waals surface area (Å²) in [5.74, 6) is 2.54. The van der Waals surface area contributed by atoms with E-state index in [1.54, 1.807) is 6.92 Å². The lowest BCUT2D eigenvalue weighted by molar-refractivity contribution is -0.175. The lowest BCUT2D eigenvalue weighted by Gasteiger charge is -2.36. The second-order valence-electron chi connectivity index (χ2n) is 9.90. The van der Waals surface area contributed by atoms with Crippen LogP contribution in [-0.4, -0.2) is 44.2 Å². The summed E-state index contributed by atoms with van der Waals surface area (Å²) in [6, 6.07) is 8.63. The number of aromatic nitrogens is 5. The lowest BCUT2D eigenvalue weighted by atomic mass is 9.82. The molecule has 3 unspecified atom stereocenters. The monoisotopic (exact) mass is 472 g/mol. The van der Waals surface area contributed by atoms with Gasteiger partial charge < -0.3 is 9.32 Å². The minimum Gasteiger partial charge on any atom is -0.408 e. The number of rotatable bonds is 4. The van der Waals surface area contributed by atoms with E-state index in [2.05, 4.69) is 20.2 Å². The number of hydrogen-bond donors (Lipinski definition) is 0. The molecule has 2 aromatic heterocycles. The van der Waals surface area contributed by atoms with Crippen LogP contribution in [0.1, 0.15) is 60.7 Å². The van der Waals surface area contributed by atoms with Crippen molar-refractivity contribution >= 4 is 6.01 Å². The molecule has 3 aliphatic rings. The summed E-state index contributed by atoms with van der Waals surface area (Å²) in [7, 11) is 0. The Morgan fingerprint density at radius 1 is 1.00 bits per heavy atom. The molecule has 0 amide bonds. The van der Waals surface area contributed by atoms with Gasteiger partial charge in [-0.3, -0.25) is 0 Å². The Bertz CT molecular complexity index is 1150. The molecule has 34 heavy (non-hydrogen) atoms. The Kier molecular flexibility index (Phi) is 5.14. The van der Waals surface area contributed by atoms with Gasteiger partial charge in [-0.2, -0.15) is 18.3 Å². The van der Waals surface area contributed by atoms with Gasteiger partial charge in [0.05, 0.1) is 0 Å². The predicted molar refractivity (Wildman–Crippen MR) is 117 cm³/mol. The van der Waals surface area contributed by atoms with Crippen molar-refractivity contribution in [3.8, 4) is 0 Å². The normalized spacial score (nSPS) is 28.8. The van der Waals surface area contributed by atoms with E-state index in [4.69, 9.17) is 9.40 Å². The quantitative estimate of drug-likeness (QED) is 0.548. The van der Waals surface area contributed by atoms with E-state index in [1.165, 1.54) is 4.68 Å². The van der Waals surface area contributed by atoms with Crippen molar-refractivity contribution in [2.75, 3.05) is 18.0 Å². The molecule has 0 spiro atoms. The van der Waals surface area contributed by atoms with E-state index in [-0.39, 0.29) is 12.3 Å². The van der Waals surface area contributed by atoms with Gasteiger partial charge in [-0.05, 0) is 49.0 Å². The fourth-order valence-corrected chi connectivity index (χ4v) is 6.26. The van der Waals surface area contributed by atoms with E-state index >= 15 is 0 Å². The third-order valence-corrected chi connectivity index (χ3v) is 7.85. The lowest BCUT2D eigenvalue weighted by Crippen LogP contribution is -2.43. The third kappa shape index (κ3) is 3.76. The number of halogens is 3. The van der Waals surface area contributed by atoms with Gasteiger partial charge in [-0.25, -0.2) is 9.67 Å². The number of nitrogens with zero attached hydrogens (tertiary/aromatic N) is 6. The molecule has 6 rings (SSSR count). The van der Waals surface area contributed by atoms with E-state index in [1.807, 2.05) is 30.3 Å². The number of alkyl halides is 3. The third-order valence-electron chi connectivity index (χ3n) is 7.85. The maximum atomic E-state index is 13.8. The summed E-state index contributed by atoms with van der Waals surface area (Å²) in [6.07, 6.45) is -1.12. The average molecular weight is 473 g/mol. The first kappa shape index (κ1) is 21.6. The van der Waals surface area contributed by atoms with Crippen LogP contribution in [0.5, 0.6) is 0 Å². The van der Waals surface area contributed by atoms with Crippen LogP contribution < -0.4 is 4.90 Å². The summed E-state index contributed by atoms with van der Waals surface area (Å²) >= 11 is 0. The Morgan fingerprint density at radius 2 is 1.74 bits per heavy atom. The average Bonchev–Trinajstić information content (AvgIpc) is 3.48. The maximum absolute atomic E-state index is 13.8. The topological polar surface area (TPSA) is 72.9 Å². The molecule has 1 saturated carbocycles. The SMILES string of the molecule is Cc1nnc(N2C[C@H]3CC[C@@H](C2)C3Cc2nc3n(n2)C(C(F)(F)F)CCC3c2ccccc2)o1. The molecule has 3 aromatic rings. The van der Waals surface area contributed by atoms with Crippen LogP contribution in [0.3, 0.4) is 0 Å². The largest absolute Gasteiger partial charge is 0.410 e. The second-order valence-corrected chi connectivity index (χ2v) is 9.90. The van der Waals surface area contributed by atoms with Crippen molar-refractivity contribution in [1.82, 2.24) is 25.0 Å². The molecule has 1 aliphatic carbocycles. The molecule has 0 N–H and O–H groups in total. The van der Waals surface area contributed by atoms with E-state index in [0.29, 0.717) is 54.1 Å². The van der Waals surface area contributed by atoms with Crippen molar-refractivity contribution < 1.29 is 17.6 Å². The smallest absolute Gasteiger partial charge is 0.408 e. The molecule has 2 fully saturated rings. The second kappa shape index (κ2) is 8.09. The summed E-state index contributed by atoms with van der Waals surface area (Å²) in [5.41, 5.74) is 0.992. The highest BCUT2D eigenvalue weighted by Gasteiger charge is 2.48. The van der Waals surface area contributed by atoms with Crippen LogP contribution in [-0.2, 0) is 6.42 Å². The van der Waals surface area contributed by atoms with Crippen molar-refractivity contribution in [2.24, 2.45) is 17.8 Å². The highest BCUT2D eigenvalue weighted by atomic mass is 19.4. The summed E-state index contributed by atoms with van der Waals surface area (Å²) < 4.78 is 48.3. The fraction of sp³-hybridized carbons (Fsp3) is 0.583. The van der Waals surface area contributed by atoms with Gasteiger partial charge in [0.25, 0.3) is 0 Å². The first-order chi connectivity index (χ1) is 16.4. The number of anilines is 1. The zero-order valence-electron chi connectivity index (χ0n) is 18.9. The molecule has 4 heterocycles. The predicted octanol–water partition coefficient (Wildman–Crippen LogP) is 4.70. The number of piperidine rings is 1. The van der Waals surface area contributed by atoms with Crippen LogP contribution in [0.15, 0.2) is 34.7 Å². The molecular formula is C24H27F3N6O. The number of fused-ring (bicyclic) bond motifs is 3. The molecule has 2 aliphatic heterocycles. The van der Waals surface area contributed by atoms with Crippen LogP contribution in [0, 0.1) is 24.7 Å². The molecule has 180 valence electrons. The van der Waals surface area contributed by atoms with E-state index in [9.17, 15) is 13.2 Å². The molecular weight excluding hydrogens is 445 g/mol. The Labute approximate surface area is 195 Å². The van der Waals surface area contributed by atoms with Crippen LogP contribution in [0.25, 0.3) is 0 Å². The van der Waals surface area contributed by atoms with E-state index < -0.39 is 12.2 Å². The molecule has 1 saturated heterocycles. The number of benzene rings is 1. The van der Waals surface area contributed by atoms with Gasteiger partial charge in [-0.1, -0.05) is 35.4 Å². The zero-order chi connectivity index (χ0) is 23.4. The molecule has 1 aromatic carbocycles.